The number of nitrogens with zero attached hydrogens (tertiary/aromatic N) is 1. The second-order valence-corrected chi connectivity index (χ2v) is 7.93. The maximum Gasteiger partial charge on any atom is 0.262 e. The molecule has 6 nitrogen and oxygen atoms in total. The molecule has 2 aromatic carbocycles. The van der Waals surface area contributed by atoms with E-state index in [9.17, 15) is 19.4 Å². The largest absolute Gasteiger partial charge is 0.508 e. The van der Waals surface area contributed by atoms with Gasteiger partial charge in [-0.05, 0) is 36.2 Å². The molecule has 0 aromatic heterocycles. The number of benzene rings is 2. The van der Waals surface area contributed by atoms with Crippen LogP contribution in [-0.4, -0.2) is 54.4 Å². The predicted molar refractivity (Wildman–Crippen MR) is 111 cm³/mol. The van der Waals surface area contributed by atoms with E-state index in [1.165, 1.54) is 24.3 Å². The van der Waals surface area contributed by atoms with Crippen LogP contribution in [-0.2, 0) is 11.2 Å². The van der Waals surface area contributed by atoms with Crippen molar-refractivity contribution in [1.29, 1.82) is 0 Å². The summed E-state index contributed by atoms with van der Waals surface area (Å²) in [6.07, 6.45) is -0.142. The highest BCUT2D eigenvalue weighted by molar-refractivity contribution is 5.96. The molecule has 3 N–H and O–H groups in total. The maximum atomic E-state index is 13.3. The minimum atomic E-state index is -0.889. The summed E-state index contributed by atoms with van der Waals surface area (Å²) in [7, 11) is 4.00. The molecule has 0 fully saturated rings. The van der Waals surface area contributed by atoms with Crippen molar-refractivity contribution < 1.29 is 28.6 Å². The molecule has 0 aliphatic carbocycles. The van der Waals surface area contributed by atoms with Gasteiger partial charge in [-0.3, -0.25) is 4.79 Å². The molecule has 29 heavy (non-hydrogen) atoms. The number of anilines is 1. The van der Waals surface area contributed by atoms with Gasteiger partial charge < -0.3 is 24.7 Å². The monoisotopic (exact) mass is 425 g/mol. The Morgan fingerprint density at radius 2 is 2.00 bits per heavy atom. The Morgan fingerprint density at radius 1 is 1.28 bits per heavy atom. The van der Waals surface area contributed by atoms with Gasteiger partial charge in [0.15, 0.2) is 6.61 Å². The number of aliphatic hydroxyl groups excluding tert-OH is 1. The van der Waals surface area contributed by atoms with E-state index >= 15 is 0 Å². The van der Waals surface area contributed by atoms with Crippen LogP contribution in [0.4, 0.5) is 10.1 Å². The van der Waals surface area contributed by atoms with E-state index in [-0.39, 0.29) is 36.5 Å². The van der Waals surface area contributed by atoms with Crippen LogP contribution in [0.2, 0.25) is 0 Å². The molecule has 1 heterocycles. The van der Waals surface area contributed by atoms with Crippen LogP contribution in [0.15, 0.2) is 30.3 Å². The summed E-state index contributed by atoms with van der Waals surface area (Å²) < 4.78 is 19.3. The predicted octanol–water partition coefficient (Wildman–Crippen LogP) is 2.94. The quantitative estimate of drug-likeness (QED) is 0.622. The van der Waals surface area contributed by atoms with Crippen LogP contribution in [0, 0.1) is 12.7 Å². The standard InChI is InChI=1S/C21H25FN2O4.ClH/c1-13-8-15(22)5-4-14(13)6-7-24(2,3)11-19(26)17-9-16(25)10-18-21(17)28-12-20(27)23-18;/h4-5,8-10,19,26H,6-7,11-12H2,1-3H3,(H-,23,25,27);1H/p+1. The van der Waals surface area contributed by atoms with E-state index in [1.807, 2.05) is 21.0 Å². The number of carbonyl (C=O) groups is 1. The van der Waals surface area contributed by atoms with Crippen LogP contribution in [0.25, 0.3) is 0 Å². The zero-order chi connectivity index (χ0) is 20.5. The summed E-state index contributed by atoms with van der Waals surface area (Å²) in [6, 6.07) is 7.64. The molecule has 0 saturated carbocycles. The van der Waals surface area contributed by atoms with Crippen LogP contribution in [0.1, 0.15) is 22.8 Å². The number of hydrogen-bond acceptors (Lipinski definition) is 4. The third-order valence-corrected chi connectivity index (χ3v) is 5.04. The fraction of sp³-hybridized carbons (Fsp3) is 0.381. The molecule has 0 spiro atoms. The first-order valence-corrected chi connectivity index (χ1v) is 9.19. The van der Waals surface area contributed by atoms with Crippen molar-refractivity contribution >= 4 is 24.0 Å². The average Bonchev–Trinajstić information content (AvgIpc) is 2.59. The number of aryl methyl sites for hydroxylation is 1. The number of quaternary nitrogens is 1. The highest BCUT2D eigenvalue weighted by Gasteiger charge is 2.28. The molecular weight excluding hydrogens is 399 g/mol. The van der Waals surface area contributed by atoms with E-state index < -0.39 is 6.10 Å². The van der Waals surface area contributed by atoms with Gasteiger partial charge in [0.2, 0.25) is 0 Å². The molecule has 1 unspecified atom stereocenters. The fourth-order valence-electron chi connectivity index (χ4n) is 3.48. The summed E-state index contributed by atoms with van der Waals surface area (Å²) in [5, 5.41) is 23.4. The molecule has 1 atom stereocenters. The van der Waals surface area contributed by atoms with Gasteiger partial charge in [0, 0.05) is 18.1 Å². The number of phenolic OH excluding ortho intramolecular Hbond substituents is 1. The Kier molecular flexibility index (Phi) is 7.11. The summed E-state index contributed by atoms with van der Waals surface area (Å²) in [4.78, 5) is 11.5. The van der Waals surface area contributed by atoms with Crippen molar-refractivity contribution in [2.24, 2.45) is 0 Å². The van der Waals surface area contributed by atoms with Gasteiger partial charge >= 0.3 is 0 Å². The lowest BCUT2D eigenvalue weighted by Crippen LogP contribution is -2.44. The first-order chi connectivity index (χ1) is 13.1. The van der Waals surface area contributed by atoms with Gasteiger partial charge in [0.25, 0.3) is 5.91 Å². The number of carbonyl (C=O) groups excluding carboxylic acids is 1. The highest BCUT2D eigenvalue weighted by Crippen LogP contribution is 2.39. The SMILES string of the molecule is Cc1cc(F)ccc1CC[N+](C)(C)CC(O)c1cc(O)cc2c1OCC(=O)N2.Cl. The van der Waals surface area contributed by atoms with Gasteiger partial charge in [-0.1, -0.05) is 6.07 Å². The third-order valence-electron chi connectivity index (χ3n) is 5.04. The molecule has 2 aromatic rings. The number of nitrogens with one attached hydrogen (secondary N) is 1. The van der Waals surface area contributed by atoms with E-state index in [2.05, 4.69) is 5.32 Å². The molecular formula is C21H27ClFN2O4+. The number of likely N-dealkylation sites (N-methyl/N-ethyl adjacent to an activating group) is 1. The number of fused-ring (bicyclic) bond motifs is 1. The van der Waals surface area contributed by atoms with Crippen LogP contribution < -0.4 is 10.1 Å². The minimum Gasteiger partial charge on any atom is -0.508 e. The number of aliphatic hydroxyl groups is 1. The number of amides is 1. The molecule has 1 aliphatic rings. The summed E-state index contributed by atoms with van der Waals surface area (Å²) in [5.74, 6) is -0.208. The number of aromatic hydroxyl groups is 1. The topological polar surface area (TPSA) is 78.8 Å². The molecule has 1 aliphatic heterocycles. The van der Waals surface area contributed by atoms with Gasteiger partial charge in [-0.15, -0.1) is 12.4 Å². The van der Waals surface area contributed by atoms with Gasteiger partial charge in [-0.25, -0.2) is 4.39 Å². The lowest BCUT2D eigenvalue weighted by Gasteiger charge is -2.33. The Morgan fingerprint density at radius 3 is 2.69 bits per heavy atom. The maximum absolute atomic E-state index is 13.3. The van der Waals surface area contributed by atoms with Gasteiger partial charge in [0.05, 0.1) is 26.3 Å². The van der Waals surface area contributed by atoms with Crippen LogP contribution >= 0.6 is 12.4 Å². The van der Waals surface area contributed by atoms with Crippen molar-refractivity contribution in [3.63, 3.8) is 0 Å². The first-order valence-electron chi connectivity index (χ1n) is 9.19. The minimum absolute atomic E-state index is 0. The van der Waals surface area contributed by atoms with Crippen LogP contribution in [0.3, 0.4) is 0 Å². The number of phenols is 1. The Labute approximate surface area is 175 Å². The smallest absolute Gasteiger partial charge is 0.262 e. The van der Waals surface area contributed by atoms with E-state index in [0.717, 1.165) is 24.1 Å². The zero-order valence-electron chi connectivity index (χ0n) is 16.7. The lowest BCUT2D eigenvalue weighted by molar-refractivity contribution is -0.893. The average molecular weight is 426 g/mol. The fourth-order valence-corrected chi connectivity index (χ4v) is 3.48. The highest BCUT2D eigenvalue weighted by atomic mass is 35.5. The van der Waals surface area contributed by atoms with Gasteiger partial charge in [0.1, 0.15) is 30.0 Å². The second-order valence-electron chi connectivity index (χ2n) is 7.93. The molecule has 0 bridgehead atoms. The normalized spacial score (nSPS) is 14.3. The van der Waals surface area contributed by atoms with Crippen molar-refractivity contribution in [2.45, 2.75) is 19.4 Å². The molecule has 158 valence electrons. The molecule has 1 amide bonds. The van der Waals surface area contributed by atoms with Crippen LogP contribution in [0.5, 0.6) is 11.5 Å². The van der Waals surface area contributed by atoms with E-state index in [1.54, 1.807) is 6.07 Å². The van der Waals surface area contributed by atoms with Gasteiger partial charge in [-0.2, -0.15) is 0 Å². The Hall–Kier alpha value is -2.35. The number of rotatable bonds is 6. The third kappa shape index (κ3) is 5.59. The Bertz CT molecular complexity index is 904. The zero-order valence-corrected chi connectivity index (χ0v) is 17.6. The summed E-state index contributed by atoms with van der Waals surface area (Å²) in [5.41, 5.74) is 2.78. The van der Waals surface area contributed by atoms with Crippen molar-refractivity contribution in [2.75, 3.05) is 39.1 Å². The van der Waals surface area contributed by atoms with Crippen molar-refractivity contribution in [3.8, 4) is 11.5 Å². The van der Waals surface area contributed by atoms with Crippen molar-refractivity contribution in [3.05, 3.63) is 52.8 Å². The van der Waals surface area contributed by atoms with E-state index in [0.29, 0.717) is 28.0 Å². The molecule has 3 rings (SSSR count). The van der Waals surface area contributed by atoms with Crippen molar-refractivity contribution in [1.82, 2.24) is 0 Å². The Balaban J connectivity index is 0.00000300. The summed E-state index contributed by atoms with van der Waals surface area (Å²) in [6.45, 7) is 2.88. The molecule has 0 saturated heterocycles. The number of halogens is 2. The molecule has 8 heteroatoms. The number of ether oxygens (including phenoxy) is 1. The van der Waals surface area contributed by atoms with E-state index in [4.69, 9.17) is 4.74 Å². The first kappa shape index (κ1) is 22.9. The lowest BCUT2D eigenvalue weighted by atomic mass is 10.0. The molecule has 0 radical (unpaired) electrons. The number of hydrogen-bond donors (Lipinski definition) is 3. The second kappa shape index (κ2) is 8.98. The summed E-state index contributed by atoms with van der Waals surface area (Å²) >= 11 is 0.